The smallest absolute Gasteiger partial charge is 0.147 e. The fourth-order valence-corrected chi connectivity index (χ4v) is 3.71. The normalized spacial score (nSPS) is 15.7. The molecule has 0 saturated carbocycles. The van der Waals surface area contributed by atoms with Crippen LogP contribution in [0.2, 0.25) is 0 Å². The van der Waals surface area contributed by atoms with Crippen LogP contribution in [0.25, 0.3) is 12.2 Å². The molecule has 0 saturated heterocycles. The molecule has 5 heteroatoms. The summed E-state index contributed by atoms with van der Waals surface area (Å²) in [6, 6.07) is 16.9. The highest BCUT2D eigenvalue weighted by Crippen LogP contribution is 2.40. The summed E-state index contributed by atoms with van der Waals surface area (Å²) in [4.78, 5) is 18.6. The van der Waals surface area contributed by atoms with Gasteiger partial charge >= 0.3 is 0 Å². The van der Waals surface area contributed by atoms with E-state index in [1.165, 1.54) is 12.1 Å². The predicted octanol–water partition coefficient (Wildman–Crippen LogP) is 5.60. The summed E-state index contributed by atoms with van der Waals surface area (Å²) in [5.41, 5.74) is 3.87. The number of aldehydes is 1. The SMILES string of the molecule is C=CC(=Cc1cccc(F)c1)C1=Cc2cc(OC)ccc2C(C=O)N1c1ccccn1. The number of hydrogen-bond acceptors (Lipinski definition) is 4. The van der Waals surface area contributed by atoms with Crippen LogP contribution in [0.1, 0.15) is 22.7 Å². The lowest BCUT2D eigenvalue weighted by Crippen LogP contribution is -2.33. The summed E-state index contributed by atoms with van der Waals surface area (Å²) in [6.07, 6.45) is 8.09. The van der Waals surface area contributed by atoms with Gasteiger partial charge in [0.15, 0.2) is 0 Å². The summed E-state index contributed by atoms with van der Waals surface area (Å²) >= 11 is 0. The first kappa shape index (κ1) is 20.3. The summed E-state index contributed by atoms with van der Waals surface area (Å²) in [7, 11) is 1.60. The van der Waals surface area contributed by atoms with Gasteiger partial charge in [0.05, 0.1) is 12.8 Å². The van der Waals surface area contributed by atoms with Crippen LogP contribution in [0.15, 0.2) is 90.8 Å². The van der Waals surface area contributed by atoms with Gasteiger partial charge in [0.25, 0.3) is 0 Å². The van der Waals surface area contributed by atoms with E-state index < -0.39 is 6.04 Å². The molecule has 4 nitrogen and oxygen atoms in total. The lowest BCUT2D eigenvalue weighted by molar-refractivity contribution is -0.109. The van der Waals surface area contributed by atoms with Crippen molar-refractivity contribution in [1.29, 1.82) is 0 Å². The molecule has 0 aliphatic carbocycles. The van der Waals surface area contributed by atoms with E-state index in [4.69, 9.17) is 4.74 Å². The molecule has 2 heterocycles. The number of carbonyl (C=O) groups excluding carboxylic acids is 1. The Kier molecular flexibility index (Phi) is 5.76. The Morgan fingerprint density at radius 1 is 1.16 bits per heavy atom. The van der Waals surface area contributed by atoms with Gasteiger partial charge in [0.2, 0.25) is 0 Å². The highest BCUT2D eigenvalue weighted by molar-refractivity contribution is 5.84. The number of pyridine rings is 1. The van der Waals surface area contributed by atoms with Crippen LogP contribution in [0.4, 0.5) is 10.2 Å². The number of carbonyl (C=O) groups is 1. The molecule has 0 amide bonds. The van der Waals surface area contributed by atoms with E-state index in [-0.39, 0.29) is 5.82 Å². The van der Waals surface area contributed by atoms with Crippen LogP contribution in [0, 0.1) is 5.82 Å². The number of fused-ring (bicyclic) bond motifs is 1. The molecule has 1 aliphatic rings. The number of rotatable bonds is 6. The third-order valence-corrected chi connectivity index (χ3v) is 5.15. The number of methoxy groups -OCH3 is 1. The van der Waals surface area contributed by atoms with Gasteiger partial charge < -0.3 is 14.4 Å². The monoisotopic (exact) mass is 412 g/mol. The molecule has 1 atom stereocenters. The summed E-state index contributed by atoms with van der Waals surface area (Å²) in [6.45, 7) is 3.96. The molecule has 1 unspecified atom stereocenters. The van der Waals surface area contributed by atoms with E-state index in [2.05, 4.69) is 11.6 Å². The molecule has 0 bridgehead atoms. The van der Waals surface area contributed by atoms with Crippen molar-refractivity contribution in [3.8, 4) is 5.75 Å². The first-order valence-electron chi connectivity index (χ1n) is 9.80. The number of nitrogens with zero attached hydrogens (tertiary/aromatic N) is 2. The second-order valence-corrected chi connectivity index (χ2v) is 7.02. The lowest BCUT2D eigenvalue weighted by atomic mass is 9.91. The largest absolute Gasteiger partial charge is 0.497 e. The molecule has 1 aromatic heterocycles. The average molecular weight is 412 g/mol. The van der Waals surface area contributed by atoms with Gasteiger partial charge in [-0.15, -0.1) is 0 Å². The van der Waals surface area contributed by atoms with E-state index in [9.17, 15) is 9.18 Å². The van der Waals surface area contributed by atoms with Crippen molar-refractivity contribution in [3.63, 3.8) is 0 Å². The zero-order valence-corrected chi connectivity index (χ0v) is 17.0. The summed E-state index contributed by atoms with van der Waals surface area (Å²) in [5, 5.41) is 0. The van der Waals surface area contributed by atoms with E-state index in [0.29, 0.717) is 17.1 Å². The maximum atomic E-state index is 13.8. The molecular weight excluding hydrogens is 391 g/mol. The Morgan fingerprint density at radius 3 is 2.71 bits per heavy atom. The van der Waals surface area contributed by atoms with Gasteiger partial charge in [-0.25, -0.2) is 9.37 Å². The molecule has 4 rings (SSSR count). The molecular formula is C26H21FN2O2. The number of benzene rings is 2. The van der Waals surface area contributed by atoms with Gasteiger partial charge in [-0.05, 0) is 70.8 Å². The number of allylic oxidation sites excluding steroid dienone is 1. The summed E-state index contributed by atoms with van der Waals surface area (Å²) < 4.78 is 19.1. The van der Waals surface area contributed by atoms with Gasteiger partial charge in [-0.2, -0.15) is 0 Å². The third-order valence-electron chi connectivity index (χ3n) is 5.15. The van der Waals surface area contributed by atoms with Crippen LogP contribution in [-0.2, 0) is 4.79 Å². The fourth-order valence-electron chi connectivity index (χ4n) is 3.71. The lowest BCUT2D eigenvalue weighted by Gasteiger charge is -2.36. The maximum absolute atomic E-state index is 13.8. The molecule has 0 fully saturated rings. The molecule has 31 heavy (non-hydrogen) atoms. The van der Waals surface area contributed by atoms with Crippen molar-refractivity contribution in [1.82, 2.24) is 4.98 Å². The highest BCUT2D eigenvalue weighted by atomic mass is 19.1. The average Bonchev–Trinajstić information content (AvgIpc) is 2.81. The minimum atomic E-state index is -0.591. The van der Waals surface area contributed by atoms with Gasteiger partial charge in [0.1, 0.15) is 29.7 Å². The Labute approximate surface area is 180 Å². The fraction of sp³-hybridized carbons (Fsp3) is 0.0769. The number of hydrogen-bond donors (Lipinski definition) is 0. The quantitative estimate of drug-likeness (QED) is 0.390. The third kappa shape index (κ3) is 4.03. The number of halogens is 1. The Balaban J connectivity index is 1.94. The van der Waals surface area contributed by atoms with E-state index >= 15 is 0 Å². The number of aromatic nitrogens is 1. The van der Waals surface area contributed by atoms with Gasteiger partial charge in [-0.1, -0.05) is 36.9 Å². The van der Waals surface area contributed by atoms with Crippen molar-refractivity contribution in [3.05, 3.63) is 113 Å². The van der Waals surface area contributed by atoms with Crippen molar-refractivity contribution in [2.45, 2.75) is 6.04 Å². The predicted molar refractivity (Wildman–Crippen MR) is 121 cm³/mol. The van der Waals surface area contributed by atoms with Crippen LogP contribution in [0.3, 0.4) is 0 Å². The van der Waals surface area contributed by atoms with E-state index in [1.807, 2.05) is 59.5 Å². The zero-order valence-electron chi connectivity index (χ0n) is 17.0. The minimum absolute atomic E-state index is 0.322. The topological polar surface area (TPSA) is 42.4 Å². The number of ether oxygens (including phenoxy) is 1. The second-order valence-electron chi connectivity index (χ2n) is 7.02. The maximum Gasteiger partial charge on any atom is 0.147 e. The molecule has 2 aromatic carbocycles. The van der Waals surface area contributed by atoms with E-state index in [0.717, 1.165) is 28.7 Å². The molecule has 1 aliphatic heterocycles. The molecule has 0 radical (unpaired) electrons. The Morgan fingerprint density at radius 2 is 2.03 bits per heavy atom. The highest BCUT2D eigenvalue weighted by Gasteiger charge is 2.31. The van der Waals surface area contributed by atoms with Gasteiger partial charge in [0, 0.05) is 6.20 Å². The molecule has 154 valence electrons. The van der Waals surface area contributed by atoms with Crippen molar-refractivity contribution < 1.29 is 13.9 Å². The standard InChI is InChI=1S/C26H21FN2O2/c1-3-19(13-18-7-6-8-21(27)14-18)24-16-20-15-22(31-2)10-11-23(20)25(17-30)29(24)26-9-4-5-12-28-26/h3-17,25H,1H2,2H3. The van der Waals surface area contributed by atoms with Gasteiger partial charge in [-0.3, -0.25) is 0 Å². The molecule has 3 aromatic rings. The summed E-state index contributed by atoms with van der Waals surface area (Å²) in [5.74, 6) is 0.996. The molecule has 0 spiro atoms. The van der Waals surface area contributed by atoms with Crippen LogP contribution >= 0.6 is 0 Å². The van der Waals surface area contributed by atoms with Crippen LogP contribution < -0.4 is 9.64 Å². The second kappa shape index (κ2) is 8.79. The first-order chi connectivity index (χ1) is 15.1. The van der Waals surface area contributed by atoms with Crippen LogP contribution in [0.5, 0.6) is 5.75 Å². The minimum Gasteiger partial charge on any atom is -0.497 e. The van der Waals surface area contributed by atoms with Crippen molar-refractivity contribution in [2.75, 3.05) is 12.0 Å². The first-order valence-corrected chi connectivity index (χ1v) is 9.80. The zero-order chi connectivity index (χ0) is 21.8. The van der Waals surface area contributed by atoms with Crippen molar-refractivity contribution in [2.24, 2.45) is 0 Å². The number of anilines is 1. The Bertz CT molecular complexity index is 1190. The Hall–Kier alpha value is -3.99. The molecule has 0 N–H and O–H groups in total. The van der Waals surface area contributed by atoms with Crippen LogP contribution in [-0.4, -0.2) is 18.4 Å². The van der Waals surface area contributed by atoms with E-state index in [1.54, 1.807) is 25.4 Å². The van der Waals surface area contributed by atoms with Crippen molar-refractivity contribution >= 4 is 24.3 Å².